The Hall–Kier alpha value is -2.94. The number of piperidine rings is 1. The number of likely N-dealkylation sites (tertiary alicyclic amines) is 1. The highest BCUT2D eigenvalue weighted by atomic mass is 19.1. The van der Waals surface area contributed by atoms with Crippen LogP contribution in [0.15, 0.2) is 36.7 Å². The summed E-state index contributed by atoms with van der Waals surface area (Å²) in [5.74, 6) is 0.171. The van der Waals surface area contributed by atoms with Gasteiger partial charge in [-0.2, -0.15) is 5.26 Å². The molecule has 5 nitrogen and oxygen atoms in total. The van der Waals surface area contributed by atoms with Crippen LogP contribution in [0.1, 0.15) is 39.2 Å². The van der Waals surface area contributed by atoms with Gasteiger partial charge in [0.1, 0.15) is 5.82 Å². The second-order valence-electron chi connectivity index (χ2n) is 6.36. The maximum Gasteiger partial charge on any atom is 0.321 e. The third kappa shape index (κ3) is 5.27. The van der Waals surface area contributed by atoms with E-state index < -0.39 is 5.82 Å². The smallest absolute Gasteiger partial charge is 0.321 e. The number of carbonyl (C=O) groups excluding carboxylic acids is 1. The van der Waals surface area contributed by atoms with E-state index in [1.165, 1.54) is 12.3 Å². The van der Waals surface area contributed by atoms with Crippen molar-refractivity contribution in [3.8, 4) is 17.2 Å². The second kappa shape index (κ2) is 9.67. The van der Waals surface area contributed by atoms with Gasteiger partial charge in [0.25, 0.3) is 0 Å². The van der Waals surface area contributed by atoms with Crippen LogP contribution in [0.25, 0.3) is 11.1 Å². The van der Waals surface area contributed by atoms with E-state index in [0.29, 0.717) is 28.3 Å². The third-order valence-electron chi connectivity index (χ3n) is 4.48. The molecule has 0 unspecified atom stereocenters. The van der Waals surface area contributed by atoms with Gasteiger partial charge in [-0.3, -0.25) is 4.98 Å². The standard InChI is InChI=1S/C19H19FN4O.C2H6/c1-13-4-6-24(7-5-13)19(25)23-17-3-2-14(10-21)18(9-17)15-8-16(20)12-22-11-15;1-2/h2-3,8-9,11-13H,4-7H2,1H3,(H,23,25);1-2H3. The van der Waals surface area contributed by atoms with Crippen molar-refractivity contribution in [2.24, 2.45) is 5.92 Å². The molecule has 6 heteroatoms. The van der Waals surface area contributed by atoms with E-state index in [1.54, 1.807) is 23.1 Å². The highest BCUT2D eigenvalue weighted by Crippen LogP contribution is 2.27. The number of hydrogen-bond acceptors (Lipinski definition) is 3. The van der Waals surface area contributed by atoms with E-state index in [1.807, 2.05) is 13.8 Å². The molecular weight excluding hydrogens is 343 g/mol. The molecule has 1 saturated heterocycles. The van der Waals surface area contributed by atoms with Gasteiger partial charge in [0, 0.05) is 36.1 Å². The zero-order valence-corrected chi connectivity index (χ0v) is 16.0. The lowest BCUT2D eigenvalue weighted by atomic mass is 9.99. The molecule has 2 heterocycles. The third-order valence-corrected chi connectivity index (χ3v) is 4.48. The molecule has 2 aromatic rings. The Morgan fingerprint density at radius 3 is 2.59 bits per heavy atom. The summed E-state index contributed by atoms with van der Waals surface area (Å²) < 4.78 is 13.5. The van der Waals surface area contributed by atoms with Gasteiger partial charge in [0.2, 0.25) is 0 Å². The Kier molecular flexibility index (Phi) is 7.30. The monoisotopic (exact) mass is 368 g/mol. The Morgan fingerprint density at radius 2 is 1.96 bits per heavy atom. The lowest BCUT2D eigenvalue weighted by molar-refractivity contribution is 0.186. The summed E-state index contributed by atoms with van der Waals surface area (Å²) >= 11 is 0. The van der Waals surface area contributed by atoms with Gasteiger partial charge in [-0.05, 0) is 43.0 Å². The quantitative estimate of drug-likeness (QED) is 0.806. The second-order valence-corrected chi connectivity index (χ2v) is 6.36. The van der Waals surface area contributed by atoms with Gasteiger partial charge < -0.3 is 10.2 Å². The number of nitrogens with zero attached hydrogens (tertiary/aromatic N) is 3. The molecule has 142 valence electrons. The summed E-state index contributed by atoms with van der Waals surface area (Å²) in [6, 6.07) is 8.24. The minimum absolute atomic E-state index is 0.153. The molecular formula is C21H25FN4O. The van der Waals surface area contributed by atoms with E-state index >= 15 is 0 Å². The summed E-state index contributed by atoms with van der Waals surface area (Å²) in [5.41, 5.74) is 2.01. The highest BCUT2D eigenvalue weighted by Gasteiger charge is 2.20. The molecule has 1 N–H and O–H groups in total. The molecule has 0 bridgehead atoms. The number of hydrogen-bond donors (Lipinski definition) is 1. The number of urea groups is 1. The van der Waals surface area contributed by atoms with Crippen molar-refractivity contribution in [2.45, 2.75) is 33.6 Å². The van der Waals surface area contributed by atoms with Crippen molar-refractivity contribution in [3.63, 3.8) is 0 Å². The fraction of sp³-hybridized carbons (Fsp3) is 0.381. The fourth-order valence-corrected chi connectivity index (χ4v) is 2.93. The average Bonchev–Trinajstić information content (AvgIpc) is 2.70. The number of nitrogens with one attached hydrogen (secondary N) is 1. The molecule has 0 radical (unpaired) electrons. The average molecular weight is 368 g/mol. The molecule has 0 saturated carbocycles. The minimum atomic E-state index is -0.474. The van der Waals surface area contributed by atoms with Gasteiger partial charge in [0.15, 0.2) is 0 Å². The molecule has 0 aliphatic carbocycles. The van der Waals surface area contributed by atoms with Crippen molar-refractivity contribution in [3.05, 3.63) is 48.0 Å². The van der Waals surface area contributed by atoms with Gasteiger partial charge in [-0.15, -0.1) is 0 Å². The molecule has 1 aromatic carbocycles. The van der Waals surface area contributed by atoms with E-state index in [2.05, 4.69) is 23.3 Å². The van der Waals surface area contributed by atoms with Gasteiger partial charge in [-0.1, -0.05) is 20.8 Å². The first-order valence-corrected chi connectivity index (χ1v) is 9.28. The maximum atomic E-state index is 13.5. The molecule has 3 rings (SSSR count). The van der Waals surface area contributed by atoms with Gasteiger partial charge >= 0.3 is 6.03 Å². The van der Waals surface area contributed by atoms with E-state index in [-0.39, 0.29) is 6.03 Å². The van der Waals surface area contributed by atoms with Crippen molar-refractivity contribution >= 4 is 11.7 Å². The number of nitriles is 1. The van der Waals surface area contributed by atoms with Gasteiger partial charge in [-0.25, -0.2) is 9.18 Å². The number of aromatic nitrogens is 1. The minimum Gasteiger partial charge on any atom is -0.325 e. The fourth-order valence-electron chi connectivity index (χ4n) is 2.93. The normalized spacial score (nSPS) is 14.0. The summed E-state index contributed by atoms with van der Waals surface area (Å²) in [5, 5.41) is 12.2. The SMILES string of the molecule is CC.CC1CCN(C(=O)Nc2ccc(C#N)c(-c3cncc(F)c3)c2)CC1. The first-order chi connectivity index (χ1) is 13.1. The molecule has 1 aliphatic heterocycles. The first kappa shape index (κ1) is 20.4. The van der Waals surface area contributed by atoms with Crippen LogP contribution in [-0.4, -0.2) is 29.0 Å². The molecule has 27 heavy (non-hydrogen) atoms. The Labute approximate surface area is 159 Å². The predicted octanol–water partition coefficient (Wildman–Crippen LogP) is 5.05. The Morgan fingerprint density at radius 1 is 1.26 bits per heavy atom. The number of carbonyl (C=O) groups is 1. The number of anilines is 1. The molecule has 2 amide bonds. The number of pyridine rings is 1. The van der Waals surface area contributed by atoms with Crippen LogP contribution in [0.3, 0.4) is 0 Å². The topological polar surface area (TPSA) is 69.0 Å². The molecule has 0 atom stereocenters. The number of benzene rings is 1. The molecule has 1 fully saturated rings. The van der Waals surface area contributed by atoms with Crippen LogP contribution >= 0.6 is 0 Å². The van der Waals surface area contributed by atoms with E-state index in [4.69, 9.17) is 0 Å². The van der Waals surface area contributed by atoms with Crippen molar-refractivity contribution in [2.75, 3.05) is 18.4 Å². The first-order valence-electron chi connectivity index (χ1n) is 9.28. The van der Waals surface area contributed by atoms with Crippen LogP contribution in [0.4, 0.5) is 14.9 Å². The Balaban J connectivity index is 0.00000126. The van der Waals surface area contributed by atoms with Crippen LogP contribution in [0.5, 0.6) is 0 Å². The molecule has 1 aromatic heterocycles. The lowest BCUT2D eigenvalue weighted by Gasteiger charge is -2.30. The van der Waals surface area contributed by atoms with Gasteiger partial charge in [0.05, 0.1) is 17.8 Å². The number of amides is 2. The molecule has 1 aliphatic rings. The summed E-state index contributed by atoms with van der Waals surface area (Å²) in [6.45, 7) is 7.67. The largest absolute Gasteiger partial charge is 0.325 e. The lowest BCUT2D eigenvalue weighted by Crippen LogP contribution is -2.40. The van der Waals surface area contributed by atoms with Crippen LogP contribution in [0, 0.1) is 23.1 Å². The highest BCUT2D eigenvalue weighted by molar-refractivity contribution is 5.90. The van der Waals surface area contributed by atoms with Crippen molar-refractivity contribution in [1.82, 2.24) is 9.88 Å². The number of halogens is 1. The number of rotatable bonds is 2. The summed E-state index contributed by atoms with van der Waals surface area (Å²) in [7, 11) is 0. The zero-order valence-electron chi connectivity index (χ0n) is 16.0. The summed E-state index contributed by atoms with van der Waals surface area (Å²) in [4.78, 5) is 18.0. The van der Waals surface area contributed by atoms with Crippen LogP contribution in [0.2, 0.25) is 0 Å². The van der Waals surface area contributed by atoms with Crippen LogP contribution in [-0.2, 0) is 0 Å². The van der Waals surface area contributed by atoms with E-state index in [0.717, 1.165) is 32.1 Å². The van der Waals surface area contributed by atoms with Crippen LogP contribution < -0.4 is 5.32 Å². The predicted molar refractivity (Wildman–Crippen MR) is 105 cm³/mol. The molecule has 0 spiro atoms. The maximum absolute atomic E-state index is 13.5. The van der Waals surface area contributed by atoms with Crippen molar-refractivity contribution in [1.29, 1.82) is 5.26 Å². The van der Waals surface area contributed by atoms with Crippen molar-refractivity contribution < 1.29 is 9.18 Å². The van der Waals surface area contributed by atoms with E-state index in [9.17, 15) is 14.4 Å². The Bertz CT molecular complexity index is 823. The zero-order chi connectivity index (χ0) is 19.8. The summed E-state index contributed by atoms with van der Waals surface area (Å²) in [6.07, 6.45) is 4.61.